The molecule has 0 aromatic rings. The Labute approximate surface area is 155 Å². The summed E-state index contributed by atoms with van der Waals surface area (Å²) in [6.07, 6.45) is 8.37. The third-order valence-electron chi connectivity index (χ3n) is 4.32. The molecular weight excluding hydrogens is 557 g/mol. The lowest BCUT2D eigenvalue weighted by Crippen LogP contribution is -2.47. The molecule has 1 rings (SSSR count). The van der Waals surface area contributed by atoms with Gasteiger partial charge in [-0.15, -0.1) is 0 Å². The van der Waals surface area contributed by atoms with Crippen molar-refractivity contribution in [2.75, 3.05) is 0 Å². The van der Waals surface area contributed by atoms with Gasteiger partial charge in [-0.2, -0.15) is 67.1 Å². The normalized spacial score (nSPS) is 29.0. The average Bonchev–Trinajstić information content (AvgIpc) is 2.35. The van der Waals surface area contributed by atoms with Gasteiger partial charge in [-0.25, -0.2) is 0 Å². The Kier molecular flexibility index (Phi) is 9.64. The minimum Gasteiger partial charge on any atom is -0.151 e. The summed E-state index contributed by atoms with van der Waals surface area (Å²) < 4.78 is 2.71. The van der Waals surface area contributed by atoms with Crippen LogP contribution in [0.25, 0.3) is 0 Å². The van der Waals surface area contributed by atoms with Gasteiger partial charge in [0.15, 0.2) is 0 Å². The molecule has 0 atom stereocenters. The van der Waals surface area contributed by atoms with E-state index in [0.29, 0.717) is 0 Å². The van der Waals surface area contributed by atoms with Gasteiger partial charge < -0.3 is 0 Å². The molecule has 0 saturated carbocycles. The van der Waals surface area contributed by atoms with Crippen molar-refractivity contribution >= 4 is 80.8 Å². The van der Waals surface area contributed by atoms with Crippen molar-refractivity contribution in [2.45, 2.75) is 76.4 Å². The standard InChI is InChI=1S/C12H24B3I3/c1-4-7-10-13(16)11(8-5-2)15(18)12(9-6-3)14(10)17/h10-12H,4-9H2,1-3H3. The average molecular weight is 581 g/mol. The van der Waals surface area contributed by atoms with Crippen molar-refractivity contribution in [1.29, 1.82) is 0 Å². The molecule has 0 amide bonds. The zero-order chi connectivity index (χ0) is 13.7. The molecule has 18 heavy (non-hydrogen) atoms. The van der Waals surface area contributed by atoms with Crippen LogP contribution in [0.2, 0.25) is 17.1 Å². The molecule has 6 heteroatoms. The Hall–Kier alpha value is 2.38. The number of hydrogen-bond donors (Lipinski definition) is 0. The van der Waals surface area contributed by atoms with Crippen molar-refractivity contribution in [3.63, 3.8) is 0 Å². The summed E-state index contributed by atoms with van der Waals surface area (Å²) in [7, 11) is 0. The van der Waals surface area contributed by atoms with Gasteiger partial charge in [0.05, 0.1) is 0 Å². The molecule has 0 unspecified atom stereocenters. The summed E-state index contributed by atoms with van der Waals surface area (Å²) in [5, 5.41) is 0. The van der Waals surface area contributed by atoms with Gasteiger partial charge in [0.25, 0.3) is 0 Å². The summed E-state index contributed by atoms with van der Waals surface area (Å²) >= 11 is 8.36. The van der Waals surface area contributed by atoms with Crippen LogP contribution in [0.3, 0.4) is 0 Å². The number of halogens is 3. The Balaban J connectivity index is 2.86. The van der Waals surface area contributed by atoms with E-state index in [1.807, 2.05) is 0 Å². The highest BCUT2D eigenvalue weighted by molar-refractivity contribution is 14.1. The number of rotatable bonds is 6. The Morgan fingerprint density at radius 3 is 1.00 bits per heavy atom. The maximum atomic E-state index is 2.79. The van der Waals surface area contributed by atoms with Gasteiger partial charge in [-0.3, -0.25) is 0 Å². The second kappa shape index (κ2) is 9.41. The van der Waals surface area contributed by atoms with E-state index < -0.39 is 0 Å². The first-order valence-corrected chi connectivity index (χ1v) is 11.2. The molecule has 0 aliphatic carbocycles. The molecule has 102 valence electrons. The minimum absolute atomic E-state index is 0.902. The van der Waals surface area contributed by atoms with Crippen molar-refractivity contribution in [3.8, 4) is 0 Å². The maximum Gasteiger partial charge on any atom is 0.211 e. The molecule has 1 fully saturated rings. The maximum absolute atomic E-state index is 2.79. The topological polar surface area (TPSA) is 0 Å². The third-order valence-corrected chi connectivity index (χ3v) is 9.86. The van der Waals surface area contributed by atoms with Crippen molar-refractivity contribution in [3.05, 3.63) is 0 Å². The van der Waals surface area contributed by atoms with Crippen LogP contribution in [0.4, 0.5) is 0 Å². The predicted molar refractivity (Wildman–Crippen MR) is 115 cm³/mol. The van der Waals surface area contributed by atoms with Crippen LogP contribution >= 0.6 is 67.1 Å². The van der Waals surface area contributed by atoms with E-state index in [9.17, 15) is 0 Å². The van der Waals surface area contributed by atoms with Crippen LogP contribution in [0.15, 0.2) is 0 Å². The van der Waals surface area contributed by atoms with Crippen LogP contribution < -0.4 is 0 Å². The Morgan fingerprint density at radius 1 is 0.611 bits per heavy atom. The molecule has 0 nitrogen and oxygen atoms in total. The molecule has 0 radical (unpaired) electrons. The van der Waals surface area contributed by atoms with E-state index in [-0.39, 0.29) is 0 Å². The van der Waals surface area contributed by atoms with Gasteiger partial charge in [0, 0.05) is 0 Å². The van der Waals surface area contributed by atoms with Crippen LogP contribution in [0, 0.1) is 0 Å². The predicted octanol–water partition coefficient (Wildman–Crippen LogP) is 6.41. The highest BCUT2D eigenvalue weighted by Gasteiger charge is 2.51. The van der Waals surface area contributed by atoms with Gasteiger partial charge >= 0.3 is 0 Å². The zero-order valence-electron chi connectivity index (χ0n) is 11.8. The highest BCUT2D eigenvalue weighted by Crippen LogP contribution is 2.52. The smallest absolute Gasteiger partial charge is 0.151 e. The fourth-order valence-corrected chi connectivity index (χ4v) is 10.7. The first-order chi connectivity index (χ1) is 8.58. The zero-order valence-corrected chi connectivity index (χ0v) is 18.3. The summed E-state index contributed by atoms with van der Waals surface area (Å²) in [5.41, 5.74) is 2.86. The SMILES string of the molecule is CCCC1B(I)C(CCC)B(I)C(CCC)B1I. The van der Waals surface area contributed by atoms with E-state index in [4.69, 9.17) is 0 Å². The largest absolute Gasteiger partial charge is 0.211 e. The van der Waals surface area contributed by atoms with Crippen LogP contribution in [0.1, 0.15) is 59.3 Å². The number of hydrogen-bond acceptors (Lipinski definition) is 0. The van der Waals surface area contributed by atoms with Gasteiger partial charge in [0.2, 0.25) is 13.7 Å². The third kappa shape index (κ3) is 4.44. The molecule has 1 aliphatic rings. The molecule has 1 heterocycles. The molecular formula is C12H24B3I3. The second-order valence-corrected chi connectivity index (χ2v) is 10.0. The lowest BCUT2D eigenvalue weighted by molar-refractivity contribution is 0.759. The fourth-order valence-electron chi connectivity index (χ4n) is 3.43. The second-order valence-electron chi connectivity index (χ2n) is 5.69. The Bertz CT molecular complexity index is 193. The lowest BCUT2D eigenvalue weighted by Gasteiger charge is -2.42. The van der Waals surface area contributed by atoms with Crippen molar-refractivity contribution in [2.24, 2.45) is 0 Å². The van der Waals surface area contributed by atoms with E-state index in [2.05, 4.69) is 87.9 Å². The molecule has 0 aromatic carbocycles. The molecule has 1 saturated heterocycles. The summed E-state index contributed by atoms with van der Waals surface area (Å²) in [6.45, 7) is 7.06. The molecule has 0 aromatic heterocycles. The van der Waals surface area contributed by atoms with E-state index in [0.717, 1.165) is 30.9 Å². The first-order valence-electron chi connectivity index (χ1n) is 7.50. The van der Waals surface area contributed by atoms with Gasteiger partial charge in [0.1, 0.15) is 0 Å². The van der Waals surface area contributed by atoms with Gasteiger partial charge in [-0.1, -0.05) is 76.4 Å². The minimum atomic E-state index is 0.902. The quantitative estimate of drug-likeness (QED) is 0.252. The van der Waals surface area contributed by atoms with E-state index in [1.54, 1.807) is 0 Å². The van der Waals surface area contributed by atoms with Crippen molar-refractivity contribution < 1.29 is 0 Å². The fraction of sp³-hybridized carbons (Fsp3) is 1.00. The molecule has 0 spiro atoms. The molecule has 0 bridgehead atoms. The van der Waals surface area contributed by atoms with Crippen LogP contribution in [0.5, 0.6) is 0 Å². The summed E-state index contributed by atoms with van der Waals surface area (Å²) in [5.74, 6) is 0. The summed E-state index contributed by atoms with van der Waals surface area (Å²) in [6, 6.07) is 0. The van der Waals surface area contributed by atoms with Gasteiger partial charge in [-0.05, 0) is 0 Å². The monoisotopic (exact) mass is 582 g/mol. The Morgan fingerprint density at radius 2 is 0.833 bits per heavy atom. The van der Waals surface area contributed by atoms with Crippen molar-refractivity contribution in [1.82, 2.24) is 0 Å². The molecule has 0 N–H and O–H groups in total. The molecule has 1 aliphatic heterocycles. The van der Waals surface area contributed by atoms with E-state index >= 15 is 0 Å². The summed E-state index contributed by atoms with van der Waals surface area (Å²) in [4.78, 5) is 0. The highest BCUT2D eigenvalue weighted by atomic mass is 127. The first kappa shape index (κ1) is 18.4. The van der Waals surface area contributed by atoms with Crippen LogP contribution in [-0.4, -0.2) is 13.7 Å². The van der Waals surface area contributed by atoms with E-state index in [1.165, 1.54) is 38.5 Å². The van der Waals surface area contributed by atoms with Crippen LogP contribution in [-0.2, 0) is 0 Å². The lowest BCUT2D eigenvalue weighted by atomic mass is 9.16.